The van der Waals surface area contributed by atoms with Gasteiger partial charge < -0.3 is 4.74 Å². The Labute approximate surface area is 117 Å². The van der Waals surface area contributed by atoms with Gasteiger partial charge in [0.1, 0.15) is 6.33 Å². The lowest BCUT2D eigenvalue weighted by molar-refractivity contribution is 0.396. The van der Waals surface area contributed by atoms with Crippen molar-refractivity contribution in [3.05, 3.63) is 38.9 Å². The molecule has 0 aliphatic carbocycles. The van der Waals surface area contributed by atoms with Gasteiger partial charge in [-0.2, -0.15) is 0 Å². The molecule has 0 amide bonds. The van der Waals surface area contributed by atoms with Crippen LogP contribution in [0.4, 0.5) is 0 Å². The Kier molecular flexibility index (Phi) is 4.36. The molecule has 0 saturated heterocycles. The summed E-state index contributed by atoms with van der Waals surface area (Å²) in [5, 5.41) is -0.0779. The van der Waals surface area contributed by atoms with Crippen LogP contribution in [0, 0.1) is 0 Å². The van der Waals surface area contributed by atoms with Crippen molar-refractivity contribution in [1.29, 1.82) is 0 Å². The molecule has 2 heterocycles. The van der Waals surface area contributed by atoms with Gasteiger partial charge in [-0.05, 0) is 28.1 Å². The van der Waals surface area contributed by atoms with Gasteiger partial charge in [-0.3, -0.25) is 0 Å². The summed E-state index contributed by atoms with van der Waals surface area (Å²) in [6.45, 7) is 0. The van der Waals surface area contributed by atoms with Gasteiger partial charge in [-0.1, -0.05) is 0 Å². The molecule has 0 aromatic carbocycles. The Morgan fingerprint density at radius 1 is 1.47 bits per heavy atom. The molecule has 0 aliphatic heterocycles. The fraction of sp³-hybridized carbons (Fsp3) is 0.273. The maximum atomic E-state index is 6.34. The SMILES string of the molecule is COc1cc(CC(Cl)c2ccc(Br)s2)ncn1. The fourth-order valence-electron chi connectivity index (χ4n) is 1.38. The third kappa shape index (κ3) is 3.40. The first kappa shape index (κ1) is 12.8. The summed E-state index contributed by atoms with van der Waals surface area (Å²) in [5.41, 5.74) is 0.876. The average Bonchev–Trinajstić information content (AvgIpc) is 2.76. The summed E-state index contributed by atoms with van der Waals surface area (Å²) < 4.78 is 6.13. The predicted molar refractivity (Wildman–Crippen MR) is 72.9 cm³/mol. The number of rotatable bonds is 4. The molecule has 0 radical (unpaired) electrons. The van der Waals surface area contributed by atoms with Crippen LogP contribution in [0.3, 0.4) is 0 Å². The molecule has 0 saturated carbocycles. The van der Waals surface area contributed by atoms with E-state index in [1.165, 1.54) is 6.33 Å². The van der Waals surface area contributed by atoms with E-state index < -0.39 is 0 Å². The van der Waals surface area contributed by atoms with Crippen molar-refractivity contribution in [3.63, 3.8) is 0 Å². The molecule has 0 fully saturated rings. The maximum absolute atomic E-state index is 6.34. The lowest BCUT2D eigenvalue weighted by atomic mass is 10.2. The van der Waals surface area contributed by atoms with Gasteiger partial charge in [0.25, 0.3) is 0 Å². The smallest absolute Gasteiger partial charge is 0.216 e. The van der Waals surface area contributed by atoms with E-state index in [9.17, 15) is 0 Å². The van der Waals surface area contributed by atoms with Crippen molar-refractivity contribution in [2.24, 2.45) is 0 Å². The number of hydrogen-bond donors (Lipinski definition) is 0. The topological polar surface area (TPSA) is 35.0 Å². The fourth-order valence-corrected chi connectivity index (χ4v) is 3.15. The Bertz CT molecular complexity index is 506. The number of ether oxygens (including phenoxy) is 1. The van der Waals surface area contributed by atoms with E-state index >= 15 is 0 Å². The quantitative estimate of drug-likeness (QED) is 0.798. The highest BCUT2D eigenvalue weighted by atomic mass is 79.9. The van der Waals surface area contributed by atoms with E-state index in [4.69, 9.17) is 16.3 Å². The molecule has 90 valence electrons. The zero-order valence-corrected chi connectivity index (χ0v) is 12.2. The van der Waals surface area contributed by atoms with Crippen molar-refractivity contribution >= 4 is 38.9 Å². The van der Waals surface area contributed by atoms with Gasteiger partial charge in [0.05, 0.1) is 16.3 Å². The van der Waals surface area contributed by atoms with Gasteiger partial charge in [0, 0.05) is 23.1 Å². The molecule has 2 rings (SSSR count). The lowest BCUT2D eigenvalue weighted by Crippen LogP contribution is -1.98. The van der Waals surface area contributed by atoms with Gasteiger partial charge in [0.2, 0.25) is 5.88 Å². The van der Waals surface area contributed by atoms with Crippen LogP contribution in [0.2, 0.25) is 0 Å². The van der Waals surface area contributed by atoms with Gasteiger partial charge >= 0.3 is 0 Å². The number of hydrogen-bond acceptors (Lipinski definition) is 4. The molecular formula is C11H10BrClN2OS. The third-order valence-electron chi connectivity index (χ3n) is 2.20. The first-order valence-corrected chi connectivity index (χ1v) is 6.98. The summed E-state index contributed by atoms with van der Waals surface area (Å²) in [7, 11) is 1.58. The standard InChI is InChI=1S/C11H10BrClN2OS/c1-16-11-5-7(14-6-15-11)4-8(13)9-2-3-10(12)17-9/h2-3,5-6,8H,4H2,1H3. The summed E-state index contributed by atoms with van der Waals surface area (Å²) in [4.78, 5) is 9.26. The number of aromatic nitrogens is 2. The van der Waals surface area contributed by atoms with Gasteiger partial charge in [-0.25, -0.2) is 9.97 Å². The molecule has 0 aliphatic rings. The van der Waals surface area contributed by atoms with Gasteiger partial charge in [-0.15, -0.1) is 22.9 Å². The molecule has 0 N–H and O–H groups in total. The van der Waals surface area contributed by atoms with Crippen LogP contribution in [-0.4, -0.2) is 17.1 Å². The molecule has 2 aromatic heterocycles. The monoisotopic (exact) mass is 332 g/mol. The number of halogens is 2. The minimum Gasteiger partial charge on any atom is -0.481 e. The summed E-state index contributed by atoms with van der Waals surface area (Å²) in [6.07, 6.45) is 2.15. The Hall–Kier alpha value is -0.650. The zero-order chi connectivity index (χ0) is 12.3. The third-order valence-corrected chi connectivity index (χ3v) is 4.45. The molecule has 0 spiro atoms. The Balaban J connectivity index is 2.09. The molecule has 1 unspecified atom stereocenters. The van der Waals surface area contributed by atoms with Gasteiger partial charge in [0.15, 0.2) is 0 Å². The van der Waals surface area contributed by atoms with Crippen molar-refractivity contribution in [1.82, 2.24) is 9.97 Å². The van der Waals surface area contributed by atoms with Crippen molar-refractivity contribution in [2.75, 3.05) is 7.11 Å². The van der Waals surface area contributed by atoms with Crippen LogP contribution >= 0.6 is 38.9 Å². The largest absolute Gasteiger partial charge is 0.481 e. The molecule has 2 aromatic rings. The number of methoxy groups -OCH3 is 1. The molecule has 6 heteroatoms. The van der Waals surface area contributed by atoms with Crippen molar-refractivity contribution in [3.8, 4) is 5.88 Å². The first-order valence-electron chi connectivity index (χ1n) is 4.93. The molecule has 3 nitrogen and oxygen atoms in total. The minimum atomic E-state index is -0.0779. The molecule has 0 bridgehead atoms. The first-order chi connectivity index (χ1) is 8.19. The van der Waals surface area contributed by atoms with Crippen LogP contribution in [-0.2, 0) is 6.42 Å². The summed E-state index contributed by atoms with van der Waals surface area (Å²) >= 11 is 11.4. The van der Waals surface area contributed by atoms with E-state index in [2.05, 4.69) is 25.9 Å². The second-order valence-corrected chi connectivity index (χ2v) is 6.39. The highest BCUT2D eigenvalue weighted by molar-refractivity contribution is 9.11. The van der Waals surface area contributed by atoms with E-state index in [1.54, 1.807) is 24.5 Å². The highest BCUT2D eigenvalue weighted by Gasteiger charge is 2.12. The van der Waals surface area contributed by atoms with Crippen LogP contribution in [0.5, 0.6) is 5.88 Å². The van der Waals surface area contributed by atoms with Crippen LogP contribution < -0.4 is 4.74 Å². The van der Waals surface area contributed by atoms with E-state index in [0.29, 0.717) is 12.3 Å². The Morgan fingerprint density at radius 3 is 2.94 bits per heavy atom. The van der Waals surface area contributed by atoms with Crippen LogP contribution in [0.1, 0.15) is 15.9 Å². The van der Waals surface area contributed by atoms with Crippen molar-refractivity contribution in [2.45, 2.75) is 11.8 Å². The zero-order valence-electron chi connectivity index (χ0n) is 9.06. The van der Waals surface area contributed by atoms with Crippen LogP contribution in [0.15, 0.2) is 28.3 Å². The normalized spacial score (nSPS) is 12.4. The van der Waals surface area contributed by atoms with E-state index in [1.807, 2.05) is 12.1 Å². The van der Waals surface area contributed by atoms with E-state index in [-0.39, 0.29) is 5.38 Å². The average molecular weight is 334 g/mol. The molecular weight excluding hydrogens is 324 g/mol. The second kappa shape index (κ2) is 5.80. The summed E-state index contributed by atoms with van der Waals surface area (Å²) in [5.74, 6) is 0.561. The highest BCUT2D eigenvalue weighted by Crippen LogP contribution is 2.33. The summed E-state index contributed by atoms with van der Waals surface area (Å²) in [6, 6.07) is 5.82. The van der Waals surface area contributed by atoms with Crippen LogP contribution in [0.25, 0.3) is 0 Å². The number of alkyl halides is 1. The minimum absolute atomic E-state index is 0.0779. The van der Waals surface area contributed by atoms with E-state index in [0.717, 1.165) is 14.4 Å². The predicted octanol–water partition coefficient (Wildman–Crippen LogP) is 3.83. The second-order valence-electron chi connectivity index (χ2n) is 3.37. The Morgan fingerprint density at radius 2 is 2.29 bits per heavy atom. The maximum Gasteiger partial charge on any atom is 0.216 e. The number of thiophene rings is 1. The lowest BCUT2D eigenvalue weighted by Gasteiger charge is -2.07. The van der Waals surface area contributed by atoms with Crippen molar-refractivity contribution < 1.29 is 4.74 Å². The molecule has 1 atom stereocenters. The number of nitrogens with zero attached hydrogens (tertiary/aromatic N) is 2. The molecule has 17 heavy (non-hydrogen) atoms.